The van der Waals surface area contributed by atoms with Crippen LogP contribution in [0, 0.1) is 5.82 Å². The molecule has 2 aromatic heterocycles. The van der Waals surface area contributed by atoms with E-state index in [1.807, 2.05) is 0 Å². The molecule has 3 atom stereocenters. The van der Waals surface area contributed by atoms with E-state index >= 15 is 0 Å². The van der Waals surface area contributed by atoms with Gasteiger partial charge in [-0.25, -0.2) is 4.39 Å². The molecule has 0 amide bonds. The van der Waals surface area contributed by atoms with E-state index in [2.05, 4.69) is 9.97 Å². The lowest BCUT2D eigenvalue weighted by atomic mass is 10.2. The molecule has 0 aliphatic carbocycles. The Morgan fingerprint density at radius 1 is 1.57 bits per heavy atom. The molecule has 3 heterocycles. The average Bonchev–Trinajstić information content (AvgIpc) is 2.98. The van der Waals surface area contributed by atoms with E-state index in [1.54, 1.807) is 0 Å². The molecule has 1 saturated heterocycles. The standard InChI is InChI=1S/C12H13ClFN3O4/c1-20-11-9-5(14)3-17(10(9)15-12(13)16-11)8-2-6(19)7(4-18)21-8/h3,6-8,18-19H,2,4H2,1H3/t6-,7+,8+/m0/s1. The number of fused-ring (bicyclic) bond motifs is 1. The van der Waals surface area contributed by atoms with E-state index in [4.69, 9.17) is 26.2 Å². The van der Waals surface area contributed by atoms with Crippen LogP contribution in [0.2, 0.25) is 5.28 Å². The molecule has 1 aliphatic heterocycles. The summed E-state index contributed by atoms with van der Waals surface area (Å²) < 4.78 is 26.0. The van der Waals surface area contributed by atoms with Gasteiger partial charge < -0.3 is 24.3 Å². The number of aliphatic hydroxyl groups is 2. The van der Waals surface area contributed by atoms with Crippen LogP contribution in [0.3, 0.4) is 0 Å². The zero-order valence-electron chi connectivity index (χ0n) is 11.0. The molecule has 0 bridgehead atoms. The van der Waals surface area contributed by atoms with E-state index in [0.29, 0.717) is 0 Å². The fourth-order valence-electron chi connectivity index (χ4n) is 2.46. The first kappa shape index (κ1) is 14.5. The second kappa shape index (κ2) is 5.38. The molecule has 0 unspecified atom stereocenters. The number of nitrogens with zero attached hydrogens (tertiary/aromatic N) is 3. The highest BCUT2D eigenvalue weighted by molar-refractivity contribution is 6.28. The maximum Gasteiger partial charge on any atom is 0.230 e. The van der Waals surface area contributed by atoms with Gasteiger partial charge in [-0.05, 0) is 11.6 Å². The number of ether oxygens (including phenoxy) is 2. The Morgan fingerprint density at radius 3 is 2.95 bits per heavy atom. The number of halogens is 2. The van der Waals surface area contributed by atoms with Crippen LogP contribution in [0.15, 0.2) is 6.20 Å². The monoisotopic (exact) mass is 317 g/mol. The molecule has 2 aromatic rings. The van der Waals surface area contributed by atoms with E-state index in [1.165, 1.54) is 17.9 Å². The Balaban J connectivity index is 2.10. The second-order valence-corrected chi connectivity index (χ2v) is 5.04. The summed E-state index contributed by atoms with van der Waals surface area (Å²) in [6.07, 6.45) is -0.803. The van der Waals surface area contributed by atoms with E-state index in [0.717, 1.165) is 0 Å². The molecule has 0 saturated carbocycles. The maximum absolute atomic E-state index is 14.1. The Hall–Kier alpha value is -1.48. The molecule has 3 rings (SSSR count). The fourth-order valence-corrected chi connectivity index (χ4v) is 2.62. The molecule has 114 valence electrons. The van der Waals surface area contributed by atoms with Crippen molar-refractivity contribution in [1.29, 1.82) is 0 Å². The third-order valence-corrected chi connectivity index (χ3v) is 3.62. The molecule has 0 spiro atoms. The normalized spacial score (nSPS) is 25.7. The van der Waals surface area contributed by atoms with Gasteiger partial charge in [0.15, 0.2) is 11.5 Å². The fraction of sp³-hybridized carbons (Fsp3) is 0.500. The van der Waals surface area contributed by atoms with Crippen LogP contribution in [-0.2, 0) is 4.74 Å². The first-order valence-corrected chi connectivity index (χ1v) is 6.65. The minimum absolute atomic E-state index is 0.0264. The summed E-state index contributed by atoms with van der Waals surface area (Å²) in [5.74, 6) is -0.553. The zero-order chi connectivity index (χ0) is 15.1. The van der Waals surface area contributed by atoms with E-state index in [9.17, 15) is 9.50 Å². The summed E-state index contributed by atoms with van der Waals surface area (Å²) in [7, 11) is 1.35. The SMILES string of the molecule is COc1nc(Cl)nc2c1c(F)cn2[C@H]1C[C@H](O)[C@@H](CO)O1. The Bertz CT molecular complexity index is 680. The predicted octanol–water partition coefficient (Wildman–Crippen LogP) is 0.873. The van der Waals surface area contributed by atoms with Gasteiger partial charge in [-0.2, -0.15) is 9.97 Å². The number of rotatable bonds is 3. The number of methoxy groups -OCH3 is 1. The van der Waals surface area contributed by atoms with Crippen molar-refractivity contribution >= 4 is 22.6 Å². The van der Waals surface area contributed by atoms with Crippen LogP contribution in [-0.4, -0.2) is 50.7 Å². The van der Waals surface area contributed by atoms with Crippen LogP contribution < -0.4 is 4.74 Å². The van der Waals surface area contributed by atoms with Gasteiger partial charge in [-0.15, -0.1) is 0 Å². The lowest BCUT2D eigenvalue weighted by Gasteiger charge is -2.14. The molecule has 21 heavy (non-hydrogen) atoms. The molecule has 0 aromatic carbocycles. The van der Waals surface area contributed by atoms with E-state index in [-0.39, 0.29) is 35.2 Å². The van der Waals surface area contributed by atoms with E-state index < -0.39 is 24.3 Å². The van der Waals surface area contributed by atoms with Crippen molar-refractivity contribution < 1.29 is 24.1 Å². The van der Waals surface area contributed by atoms with Crippen molar-refractivity contribution in [3.63, 3.8) is 0 Å². The quantitative estimate of drug-likeness (QED) is 0.817. The third-order valence-electron chi connectivity index (χ3n) is 3.45. The molecule has 1 aliphatic rings. The van der Waals surface area contributed by atoms with Crippen molar-refractivity contribution in [3.05, 3.63) is 17.3 Å². The maximum atomic E-state index is 14.1. The minimum atomic E-state index is -0.834. The number of aromatic nitrogens is 3. The Morgan fingerprint density at radius 2 is 2.33 bits per heavy atom. The first-order valence-electron chi connectivity index (χ1n) is 6.27. The van der Waals surface area contributed by atoms with Gasteiger partial charge in [0.05, 0.1) is 19.8 Å². The smallest absolute Gasteiger partial charge is 0.230 e. The van der Waals surface area contributed by atoms with Crippen LogP contribution >= 0.6 is 11.6 Å². The lowest BCUT2D eigenvalue weighted by Crippen LogP contribution is -2.24. The molecule has 9 heteroatoms. The molecule has 0 radical (unpaired) electrons. The van der Waals surface area contributed by atoms with Crippen molar-refractivity contribution in [1.82, 2.24) is 14.5 Å². The summed E-state index contributed by atoms with van der Waals surface area (Å²) in [6.45, 7) is -0.321. The topological polar surface area (TPSA) is 89.6 Å². The van der Waals surface area contributed by atoms with Crippen molar-refractivity contribution in [2.45, 2.75) is 24.9 Å². The Kier molecular flexibility index (Phi) is 3.70. The third kappa shape index (κ3) is 2.34. The van der Waals surface area contributed by atoms with Gasteiger partial charge in [0, 0.05) is 12.6 Å². The zero-order valence-corrected chi connectivity index (χ0v) is 11.8. The largest absolute Gasteiger partial charge is 0.480 e. The molecular weight excluding hydrogens is 305 g/mol. The van der Waals surface area contributed by atoms with Crippen molar-refractivity contribution in [2.24, 2.45) is 0 Å². The number of hydrogen-bond acceptors (Lipinski definition) is 6. The molecule has 7 nitrogen and oxygen atoms in total. The van der Waals surface area contributed by atoms with Gasteiger partial charge in [-0.3, -0.25) is 0 Å². The van der Waals surface area contributed by atoms with Gasteiger partial charge in [-0.1, -0.05) is 0 Å². The number of aliphatic hydroxyl groups excluding tert-OH is 2. The minimum Gasteiger partial charge on any atom is -0.480 e. The summed E-state index contributed by atoms with van der Waals surface area (Å²) in [5.41, 5.74) is 0.208. The van der Waals surface area contributed by atoms with Crippen LogP contribution in [0.1, 0.15) is 12.6 Å². The van der Waals surface area contributed by atoms with Crippen LogP contribution in [0.25, 0.3) is 11.0 Å². The predicted molar refractivity (Wildman–Crippen MR) is 70.7 cm³/mol. The summed E-state index contributed by atoms with van der Waals surface area (Å²) >= 11 is 5.81. The first-order chi connectivity index (χ1) is 10.0. The second-order valence-electron chi connectivity index (χ2n) is 4.70. The molecule has 1 fully saturated rings. The van der Waals surface area contributed by atoms with Gasteiger partial charge in [0.2, 0.25) is 11.2 Å². The van der Waals surface area contributed by atoms with Crippen molar-refractivity contribution in [2.75, 3.05) is 13.7 Å². The average molecular weight is 318 g/mol. The molecule has 2 N–H and O–H groups in total. The van der Waals surface area contributed by atoms with Gasteiger partial charge >= 0.3 is 0 Å². The molecular formula is C12H13ClFN3O4. The van der Waals surface area contributed by atoms with Gasteiger partial charge in [0.1, 0.15) is 17.7 Å². The highest BCUT2D eigenvalue weighted by Gasteiger charge is 2.36. The summed E-state index contributed by atoms with van der Waals surface area (Å²) in [5, 5.41) is 18.9. The highest BCUT2D eigenvalue weighted by atomic mass is 35.5. The summed E-state index contributed by atoms with van der Waals surface area (Å²) in [6, 6.07) is 0. The van der Waals surface area contributed by atoms with Crippen LogP contribution in [0.4, 0.5) is 4.39 Å². The van der Waals surface area contributed by atoms with Crippen LogP contribution in [0.5, 0.6) is 5.88 Å². The van der Waals surface area contributed by atoms with Crippen molar-refractivity contribution in [3.8, 4) is 5.88 Å². The Labute approximate surface area is 123 Å². The number of hydrogen-bond donors (Lipinski definition) is 2. The summed E-state index contributed by atoms with van der Waals surface area (Å²) in [4.78, 5) is 7.81. The highest BCUT2D eigenvalue weighted by Crippen LogP contribution is 2.35. The lowest BCUT2D eigenvalue weighted by molar-refractivity contribution is -0.0431. The van der Waals surface area contributed by atoms with Gasteiger partial charge in [0.25, 0.3) is 0 Å².